The van der Waals surface area contributed by atoms with Gasteiger partial charge in [0, 0.05) is 24.5 Å². The molecule has 0 atom stereocenters. The van der Waals surface area contributed by atoms with Crippen LogP contribution in [0.2, 0.25) is 0 Å². The van der Waals surface area contributed by atoms with E-state index in [9.17, 15) is 4.79 Å². The number of nitrogens with one attached hydrogen (secondary N) is 1. The van der Waals surface area contributed by atoms with Crippen LogP contribution >= 0.6 is 0 Å². The summed E-state index contributed by atoms with van der Waals surface area (Å²) in [7, 11) is 0. The molecule has 186 valence electrons. The molecule has 0 unspecified atom stereocenters. The van der Waals surface area contributed by atoms with Gasteiger partial charge >= 0.3 is 0 Å². The number of amides is 1. The first kappa shape index (κ1) is 24.3. The lowest BCUT2D eigenvalue weighted by molar-refractivity contribution is -0.116. The molecule has 6 nitrogen and oxygen atoms in total. The molecular formula is C31H31N5O. The van der Waals surface area contributed by atoms with Crippen LogP contribution in [-0.2, 0) is 4.79 Å². The minimum Gasteiger partial charge on any atom is -0.372 e. The van der Waals surface area contributed by atoms with Crippen LogP contribution in [0.3, 0.4) is 0 Å². The quantitative estimate of drug-likeness (QED) is 0.276. The molecule has 0 radical (unpaired) electrons. The number of benzene rings is 4. The van der Waals surface area contributed by atoms with Crippen LogP contribution in [0.15, 0.2) is 97.1 Å². The number of aryl methyl sites for hydroxylation is 1. The first-order chi connectivity index (χ1) is 18.1. The fourth-order valence-corrected chi connectivity index (χ4v) is 4.69. The number of nitrogens with zero attached hydrogens (tertiary/aromatic N) is 4. The summed E-state index contributed by atoms with van der Waals surface area (Å²) < 4.78 is 0. The van der Waals surface area contributed by atoms with E-state index in [1.165, 1.54) is 5.69 Å². The summed E-state index contributed by atoms with van der Waals surface area (Å²) in [5.41, 5.74) is 7.15. The smallest absolute Gasteiger partial charge is 0.236 e. The summed E-state index contributed by atoms with van der Waals surface area (Å²) in [4.78, 5) is 17.6. The van der Waals surface area contributed by atoms with Crippen molar-refractivity contribution in [1.82, 2.24) is 15.0 Å². The van der Waals surface area contributed by atoms with E-state index in [2.05, 4.69) is 41.3 Å². The zero-order valence-electron chi connectivity index (χ0n) is 21.4. The second-order valence-corrected chi connectivity index (χ2v) is 9.08. The Balaban J connectivity index is 1.43. The van der Waals surface area contributed by atoms with Gasteiger partial charge in [0.25, 0.3) is 0 Å². The maximum Gasteiger partial charge on any atom is 0.236 e. The van der Waals surface area contributed by atoms with Crippen molar-refractivity contribution in [2.45, 2.75) is 26.7 Å². The Kier molecular flexibility index (Phi) is 6.99. The first-order valence-electron chi connectivity index (χ1n) is 12.7. The number of carbonyl (C=O) groups is 1. The molecule has 5 rings (SSSR count). The fraction of sp³-hybridized carbons (Fsp3) is 0.194. The monoisotopic (exact) mass is 489 g/mol. The van der Waals surface area contributed by atoms with E-state index in [4.69, 9.17) is 5.10 Å². The van der Waals surface area contributed by atoms with Gasteiger partial charge in [-0.3, -0.25) is 4.79 Å². The number of hydrogen-bond acceptors (Lipinski definition) is 4. The molecule has 0 aliphatic heterocycles. The van der Waals surface area contributed by atoms with E-state index in [-0.39, 0.29) is 5.91 Å². The summed E-state index contributed by atoms with van der Waals surface area (Å²) in [6.45, 7) is 8.21. The van der Waals surface area contributed by atoms with Crippen molar-refractivity contribution >= 4 is 28.3 Å². The molecule has 0 aliphatic carbocycles. The number of rotatable bonds is 8. The molecule has 0 saturated carbocycles. The molecule has 1 heterocycles. The van der Waals surface area contributed by atoms with Crippen molar-refractivity contribution in [1.29, 1.82) is 0 Å². The van der Waals surface area contributed by atoms with Gasteiger partial charge < -0.3 is 10.2 Å². The third-order valence-electron chi connectivity index (χ3n) is 6.72. The average Bonchev–Trinajstić information content (AvgIpc) is 3.34. The predicted octanol–water partition coefficient (Wildman–Crippen LogP) is 6.35. The van der Waals surface area contributed by atoms with Crippen molar-refractivity contribution < 1.29 is 4.79 Å². The van der Waals surface area contributed by atoms with Crippen molar-refractivity contribution in [2.75, 3.05) is 23.3 Å². The van der Waals surface area contributed by atoms with Gasteiger partial charge in [0.1, 0.15) is 11.0 Å². The van der Waals surface area contributed by atoms with Crippen molar-refractivity contribution in [3.63, 3.8) is 0 Å². The Morgan fingerprint density at radius 2 is 1.35 bits per heavy atom. The van der Waals surface area contributed by atoms with Crippen LogP contribution in [-0.4, -0.2) is 34.0 Å². The molecule has 1 amide bonds. The fourth-order valence-electron chi connectivity index (χ4n) is 4.69. The SMILES string of the molecule is CCN(CC)c1ccc(-n2nc3cc(C)c(NC(=O)C(c4ccccc4)c4ccccc4)cc3n2)cc1. The van der Waals surface area contributed by atoms with E-state index in [1.807, 2.05) is 91.9 Å². The molecule has 1 aromatic heterocycles. The van der Waals surface area contributed by atoms with Gasteiger partial charge in [0.2, 0.25) is 5.91 Å². The van der Waals surface area contributed by atoms with Crippen LogP contribution in [0.5, 0.6) is 0 Å². The first-order valence-corrected chi connectivity index (χ1v) is 12.7. The Hall–Kier alpha value is -4.45. The second-order valence-electron chi connectivity index (χ2n) is 9.08. The van der Waals surface area contributed by atoms with Gasteiger partial charge in [-0.1, -0.05) is 60.7 Å². The van der Waals surface area contributed by atoms with Crippen molar-refractivity contribution in [3.8, 4) is 5.69 Å². The Bertz CT molecular complexity index is 1450. The summed E-state index contributed by atoms with van der Waals surface area (Å²) >= 11 is 0. The highest BCUT2D eigenvalue weighted by Gasteiger charge is 2.23. The number of anilines is 2. The van der Waals surface area contributed by atoms with Crippen LogP contribution in [0.1, 0.15) is 36.5 Å². The highest BCUT2D eigenvalue weighted by molar-refractivity contribution is 6.00. The van der Waals surface area contributed by atoms with Crippen LogP contribution in [0, 0.1) is 6.92 Å². The zero-order chi connectivity index (χ0) is 25.8. The lowest BCUT2D eigenvalue weighted by Gasteiger charge is -2.20. The summed E-state index contributed by atoms with van der Waals surface area (Å²) in [6.07, 6.45) is 0. The molecule has 6 heteroatoms. The predicted molar refractivity (Wildman–Crippen MR) is 151 cm³/mol. The molecular weight excluding hydrogens is 458 g/mol. The van der Waals surface area contributed by atoms with E-state index in [1.54, 1.807) is 4.80 Å². The Morgan fingerprint density at radius 1 is 0.811 bits per heavy atom. The van der Waals surface area contributed by atoms with Crippen molar-refractivity contribution in [3.05, 3.63) is 114 Å². The molecule has 0 fully saturated rings. The summed E-state index contributed by atoms with van der Waals surface area (Å²) in [5, 5.41) is 12.6. The number of hydrogen-bond donors (Lipinski definition) is 1. The number of carbonyl (C=O) groups excluding carboxylic acids is 1. The van der Waals surface area contributed by atoms with E-state index < -0.39 is 5.92 Å². The normalized spacial score (nSPS) is 11.1. The lowest BCUT2D eigenvalue weighted by atomic mass is 9.90. The molecule has 0 spiro atoms. The number of aromatic nitrogens is 3. The van der Waals surface area contributed by atoms with Crippen molar-refractivity contribution in [2.24, 2.45) is 0 Å². The lowest BCUT2D eigenvalue weighted by Crippen LogP contribution is -2.22. The van der Waals surface area contributed by atoms with E-state index in [0.29, 0.717) is 0 Å². The Labute approximate surface area is 217 Å². The highest BCUT2D eigenvalue weighted by Crippen LogP contribution is 2.28. The zero-order valence-corrected chi connectivity index (χ0v) is 21.4. The topological polar surface area (TPSA) is 63.1 Å². The molecule has 0 bridgehead atoms. The minimum atomic E-state index is -0.419. The van der Waals surface area contributed by atoms with Crippen LogP contribution in [0.4, 0.5) is 11.4 Å². The third kappa shape index (κ3) is 5.09. The molecule has 37 heavy (non-hydrogen) atoms. The average molecular weight is 490 g/mol. The standard InChI is InChI=1S/C31H31N5O/c1-4-35(5-2)25-16-18-26(19-17-25)36-33-28-20-22(3)27(21-29(28)34-36)32-31(37)30(23-12-8-6-9-13-23)24-14-10-7-11-15-24/h6-21,30H,4-5H2,1-3H3,(H,32,37). The maximum atomic E-state index is 13.6. The van der Waals surface area contributed by atoms with Crippen LogP contribution in [0.25, 0.3) is 16.7 Å². The van der Waals surface area contributed by atoms with Gasteiger partial charge in [-0.25, -0.2) is 0 Å². The minimum absolute atomic E-state index is 0.0840. The Morgan fingerprint density at radius 3 is 1.89 bits per heavy atom. The van der Waals surface area contributed by atoms with Gasteiger partial charge in [-0.15, -0.1) is 10.2 Å². The second kappa shape index (κ2) is 10.7. The molecule has 0 aliphatic rings. The molecule has 1 N–H and O–H groups in total. The number of fused-ring (bicyclic) bond motifs is 1. The van der Waals surface area contributed by atoms with Gasteiger partial charge in [0.05, 0.1) is 11.6 Å². The van der Waals surface area contributed by atoms with E-state index in [0.717, 1.165) is 52.2 Å². The molecule has 5 aromatic rings. The third-order valence-corrected chi connectivity index (χ3v) is 6.72. The van der Waals surface area contributed by atoms with E-state index >= 15 is 0 Å². The van der Waals surface area contributed by atoms with Gasteiger partial charge in [-0.05, 0) is 73.9 Å². The van der Waals surface area contributed by atoms with Gasteiger partial charge in [0.15, 0.2) is 0 Å². The van der Waals surface area contributed by atoms with Gasteiger partial charge in [-0.2, -0.15) is 4.80 Å². The van der Waals surface area contributed by atoms with Crippen LogP contribution < -0.4 is 10.2 Å². The maximum absolute atomic E-state index is 13.6. The highest BCUT2D eigenvalue weighted by atomic mass is 16.1. The summed E-state index contributed by atoms with van der Waals surface area (Å²) in [5.74, 6) is -0.503. The largest absolute Gasteiger partial charge is 0.372 e. The molecule has 0 saturated heterocycles. The summed E-state index contributed by atoms with van der Waals surface area (Å²) in [6, 6.07) is 31.9. The molecule has 4 aromatic carbocycles.